The zero-order valence-corrected chi connectivity index (χ0v) is 15.2. The molecule has 0 N–H and O–H groups in total. The maximum Gasteiger partial charge on any atom is 0.253 e. The first-order chi connectivity index (χ1) is 13.2. The van der Waals surface area contributed by atoms with Crippen molar-refractivity contribution < 1.29 is 14.3 Å². The number of rotatable bonds is 5. The van der Waals surface area contributed by atoms with E-state index in [2.05, 4.69) is 15.5 Å². The standard InChI is InChI=1S/C18H22N6O3/c1-27-9-8-23-16-7-4-14(18(23)26)10-22(11-16)17(25)13-2-5-15(6-3-13)24-12-19-20-21-24/h2-3,5-6,12,14,16H,4,7-11H2,1H3/t14-,16+/m0/s1. The van der Waals surface area contributed by atoms with E-state index in [-0.39, 0.29) is 23.8 Å². The number of methoxy groups -OCH3 is 1. The van der Waals surface area contributed by atoms with E-state index in [9.17, 15) is 9.59 Å². The third-order valence-corrected chi connectivity index (χ3v) is 5.34. The summed E-state index contributed by atoms with van der Waals surface area (Å²) in [6, 6.07) is 7.24. The lowest BCUT2D eigenvalue weighted by Gasteiger charge is -2.35. The Hall–Kier alpha value is -2.81. The molecule has 9 heteroatoms. The van der Waals surface area contributed by atoms with Crippen LogP contribution in [0, 0.1) is 5.92 Å². The fraction of sp³-hybridized carbons (Fsp3) is 0.500. The normalized spacial score (nSPS) is 22.2. The lowest BCUT2D eigenvalue weighted by atomic mass is 9.94. The summed E-state index contributed by atoms with van der Waals surface area (Å²) in [4.78, 5) is 29.4. The fourth-order valence-corrected chi connectivity index (χ4v) is 3.91. The quantitative estimate of drug-likeness (QED) is 0.755. The number of aromatic nitrogens is 4. The van der Waals surface area contributed by atoms with Crippen LogP contribution in [0.15, 0.2) is 30.6 Å². The fourth-order valence-electron chi connectivity index (χ4n) is 3.91. The lowest BCUT2D eigenvalue weighted by Crippen LogP contribution is -2.49. The van der Waals surface area contributed by atoms with Crippen molar-refractivity contribution in [2.24, 2.45) is 5.92 Å². The molecule has 2 bridgehead atoms. The summed E-state index contributed by atoms with van der Waals surface area (Å²) in [5.41, 5.74) is 1.39. The number of tetrazole rings is 1. The molecule has 1 aromatic carbocycles. The Morgan fingerprint density at radius 3 is 2.74 bits per heavy atom. The van der Waals surface area contributed by atoms with Gasteiger partial charge in [-0.2, -0.15) is 0 Å². The van der Waals surface area contributed by atoms with Crippen molar-refractivity contribution in [1.29, 1.82) is 0 Å². The highest BCUT2D eigenvalue weighted by Gasteiger charge is 2.41. The average Bonchev–Trinajstić information content (AvgIpc) is 3.10. The van der Waals surface area contributed by atoms with Crippen molar-refractivity contribution >= 4 is 11.8 Å². The minimum absolute atomic E-state index is 0.0449. The van der Waals surface area contributed by atoms with Crippen molar-refractivity contribution in [1.82, 2.24) is 30.0 Å². The number of carbonyl (C=O) groups is 2. The molecule has 3 fully saturated rings. The maximum absolute atomic E-state index is 13.0. The molecule has 2 aromatic rings. The second-order valence-corrected chi connectivity index (χ2v) is 6.96. The molecule has 2 amide bonds. The lowest BCUT2D eigenvalue weighted by molar-refractivity contribution is -0.140. The molecule has 9 nitrogen and oxygen atoms in total. The smallest absolute Gasteiger partial charge is 0.253 e. The van der Waals surface area contributed by atoms with Crippen molar-refractivity contribution in [3.63, 3.8) is 0 Å². The number of nitrogens with zero attached hydrogens (tertiary/aromatic N) is 6. The van der Waals surface area contributed by atoms with E-state index < -0.39 is 0 Å². The molecule has 3 aliphatic heterocycles. The van der Waals surface area contributed by atoms with Crippen molar-refractivity contribution in [2.45, 2.75) is 18.9 Å². The monoisotopic (exact) mass is 370 g/mol. The Morgan fingerprint density at radius 1 is 1.22 bits per heavy atom. The first kappa shape index (κ1) is 17.6. The summed E-state index contributed by atoms with van der Waals surface area (Å²) in [5, 5.41) is 11.1. The second-order valence-electron chi connectivity index (χ2n) is 6.96. The highest BCUT2D eigenvalue weighted by atomic mass is 16.5. The molecule has 0 radical (unpaired) electrons. The SMILES string of the molecule is COCCN1C(=O)[C@H]2CC[C@@H]1CN(C(=O)c1ccc(-n3cnnn3)cc1)C2. The summed E-state index contributed by atoms with van der Waals surface area (Å²) in [5.74, 6) is -0.0192. The number of piperidine rings is 1. The van der Waals surface area contributed by atoms with Gasteiger partial charge in [0.25, 0.3) is 5.91 Å². The van der Waals surface area contributed by atoms with Crippen LogP contribution in [0.25, 0.3) is 5.69 Å². The van der Waals surface area contributed by atoms with Crippen molar-refractivity contribution in [3.8, 4) is 5.69 Å². The molecule has 3 aliphatic rings. The van der Waals surface area contributed by atoms with Gasteiger partial charge in [-0.05, 0) is 47.5 Å². The van der Waals surface area contributed by atoms with Gasteiger partial charge in [0.1, 0.15) is 6.33 Å². The van der Waals surface area contributed by atoms with Gasteiger partial charge in [0.2, 0.25) is 5.91 Å². The average molecular weight is 370 g/mol. The van der Waals surface area contributed by atoms with E-state index in [1.807, 2.05) is 21.9 Å². The van der Waals surface area contributed by atoms with Crippen LogP contribution in [0.1, 0.15) is 23.2 Å². The van der Waals surface area contributed by atoms with Crippen LogP contribution in [-0.4, -0.2) is 81.2 Å². The molecule has 0 saturated carbocycles. The third-order valence-electron chi connectivity index (χ3n) is 5.34. The van der Waals surface area contributed by atoms with Crippen LogP contribution in [-0.2, 0) is 9.53 Å². The predicted molar refractivity (Wildman–Crippen MR) is 95.2 cm³/mol. The van der Waals surface area contributed by atoms with Crippen LogP contribution < -0.4 is 0 Å². The Kier molecular flexibility index (Phi) is 4.85. The molecule has 4 heterocycles. The van der Waals surface area contributed by atoms with Crippen LogP contribution in [0.4, 0.5) is 0 Å². The first-order valence-corrected chi connectivity index (χ1v) is 9.09. The number of ether oxygens (including phenoxy) is 1. The Balaban J connectivity index is 1.50. The van der Waals surface area contributed by atoms with E-state index >= 15 is 0 Å². The van der Waals surface area contributed by atoms with E-state index in [4.69, 9.17) is 4.74 Å². The van der Waals surface area contributed by atoms with Crippen LogP contribution in [0.3, 0.4) is 0 Å². The molecule has 27 heavy (non-hydrogen) atoms. The summed E-state index contributed by atoms with van der Waals surface area (Å²) in [6.45, 7) is 2.15. The zero-order valence-electron chi connectivity index (χ0n) is 15.2. The predicted octanol–water partition coefficient (Wildman–Crippen LogP) is 0.372. The Labute approximate surface area is 156 Å². The van der Waals surface area contributed by atoms with Gasteiger partial charge in [0.15, 0.2) is 0 Å². The molecule has 3 saturated heterocycles. The molecule has 5 rings (SSSR count). The van der Waals surface area contributed by atoms with Gasteiger partial charge in [-0.3, -0.25) is 9.59 Å². The van der Waals surface area contributed by atoms with E-state index in [1.165, 1.54) is 11.0 Å². The van der Waals surface area contributed by atoms with Gasteiger partial charge in [-0.1, -0.05) is 0 Å². The topological polar surface area (TPSA) is 93.5 Å². The van der Waals surface area contributed by atoms with Gasteiger partial charge in [0, 0.05) is 38.3 Å². The molecular weight excluding hydrogens is 348 g/mol. The molecule has 0 aliphatic carbocycles. The number of benzene rings is 1. The number of hydrogen-bond acceptors (Lipinski definition) is 6. The van der Waals surface area contributed by atoms with Gasteiger partial charge >= 0.3 is 0 Å². The molecule has 0 unspecified atom stereocenters. The van der Waals surface area contributed by atoms with Gasteiger partial charge in [-0.25, -0.2) is 4.68 Å². The van der Waals surface area contributed by atoms with E-state index in [0.717, 1.165) is 18.5 Å². The van der Waals surface area contributed by atoms with Crippen LogP contribution in [0.2, 0.25) is 0 Å². The van der Waals surface area contributed by atoms with Gasteiger partial charge in [0.05, 0.1) is 18.2 Å². The highest BCUT2D eigenvalue weighted by Crippen LogP contribution is 2.29. The molecule has 142 valence electrons. The summed E-state index contributed by atoms with van der Waals surface area (Å²) in [6.07, 6.45) is 3.28. The Bertz CT molecular complexity index is 807. The number of hydrogen-bond donors (Lipinski definition) is 0. The molecule has 1 aromatic heterocycles. The number of carbonyl (C=O) groups excluding carboxylic acids is 2. The number of fused-ring (bicyclic) bond motifs is 4. The summed E-state index contributed by atoms with van der Waals surface area (Å²) in [7, 11) is 1.63. The number of amides is 2. The van der Waals surface area contributed by atoms with Gasteiger partial charge in [-0.15, -0.1) is 5.10 Å². The van der Waals surface area contributed by atoms with Crippen molar-refractivity contribution in [2.75, 3.05) is 33.4 Å². The largest absolute Gasteiger partial charge is 0.383 e. The van der Waals surface area contributed by atoms with Crippen LogP contribution >= 0.6 is 0 Å². The maximum atomic E-state index is 13.0. The zero-order chi connectivity index (χ0) is 18.8. The van der Waals surface area contributed by atoms with E-state index in [0.29, 0.717) is 31.8 Å². The molecular formula is C18H22N6O3. The van der Waals surface area contributed by atoms with Crippen molar-refractivity contribution in [3.05, 3.63) is 36.2 Å². The third kappa shape index (κ3) is 3.42. The molecule has 0 spiro atoms. The minimum Gasteiger partial charge on any atom is -0.383 e. The summed E-state index contributed by atoms with van der Waals surface area (Å²) < 4.78 is 6.67. The van der Waals surface area contributed by atoms with Gasteiger partial charge < -0.3 is 14.5 Å². The minimum atomic E-state index is -0.120. The second kappa shape index (κ2) is 7.43. The first-order valence-electron chi connectivity index (χ1n) is 9.09. The highest BCUT2D eigenvalue weighted by molar-refractivity contribution is 5.95. The molecule has 2 atom stereocenters. The van der Waals surface area contributed by atoms with Crippen LogP contribution in [0.5, 0.6) is 0 Å². The van der Waals surface area contributed by atoms with E-state index in [1.54, 1.807) is 19.2 Å². The Morgan fingerprint density at radius 2 is 2.04 bits per heavy atom. The summed E-state index contributed by atoms with van der Waals surface area (Å²) >= 11 is 0.